The highest BCUT2D eigenvalue weighted by molar-refractivity contribution is 7.13. The molecule has 1 amide bonds. The van der Waals surface area contributed by atoms with Crippen LogP contribution in [0.5, 0.6) is 5.75 Å². The Kier molecular flexibility index (Phi) is 5.33. The maximum absolute atomic E-state index is 12.0. The van der Waals surface area contributed by atoms with Crippen LogP contribution in [0.15, 0.2) is 58.3 Å². The molecule has 3 rings (SSSR count). The average molecular weight is 341 g/mol. The van der Waals surface area contributed by atoms with Gasteiger partial charge in [-0.1, -0.05) is 18.2 Å². The smallest absolute Gasteiger partial charge is 0.224 e. The van der Waals surface area contributed by atoms with Gasteiger partial charge in [0.2, 0.25) is 5.91 Å². The van der Waals surface area contributed by atoms with Crippen LogP contribution in [0.4, 0.5) is 0 Å². The lowest BCUT2D eigenvalue weighted by Gasteiger charge is -2.06. The van der Waals surface area contributed by atoms with E-state index in [2.05, 4.69) is 5.32 Å². The fourth-order valence-electron chi connectivity index (χ4n) is 2.33. The van der Waals surface area contributed by atoms with Crippen molar-refractivity contribution in [3.63, 3.8) is 0 Å². The quantitative estimate of drug-likeness (QED) is 0.698. The minimum atomic E-state index is -0.0340. The van der Waals surface area contributed by atoms with E-state index >= 15 is 0 Å². The molecule has 0 aliphatic rings. The number of carbonyl (C=O) groups is 1. The van der Waals surface area contributed by atoms with Crippen molar-refractivity contribution in [2.24, 2.45) is 0 Å². The summed E-state index contributed by atoms with van der Waals surface area (Å²) in [6.07, 6.45) is 0.338. The highest BCUT2D eigenvalue weighted by Crippen LogP contribution is 2.26. The van der Waals surface area contributed by atoms with Crippen LogP contribution in [0.25, 0.3) is 10.6 Å². The Morgan fingerprint density at radius 1 is 1.17 bits per heavy atom. The van der Waals surface area contributed by atoms with Crippen LogP contribution in [-0.2, 0) is 17.8 Å². The third kappa shape index (κ3) is 4.26. The largest absolute Gasteiger partial charge is 0.494 e. The number of ether oxygens (including phenoxy) is 1. The summed E-state index contributed by atoms with van der Waals surface area (Å²) in [5, 5.41) is 4.90. The summed E-state index contributed by atoms with van der Waals surface area (Å²) < 4.78 is 11.1. The summed E-state index contributed by atoms with van der Waals surface area (Å²) in [6.45, 7) is 2.97. The number of furan rings is 1. The topological polar surface area (TPSA) is 51.5 Å². The molecule has 0 saturated heterocycles. The van der Waals surface area contributed by atoms with Gasteiger partial charge in [-0.3, -0.25) is 4.79 Å². The van der Waals surface area contributed by atoms with Crippen molar-refractivity contribution in [2.45, 2.75) is 19.9 Å². The van der Waals surface area contributed by atoms with Gasteiger partial charge in [0.1, 0.15) is 17.3 Å². The Morgan fingerprint density at radius 2 is 2.00 bits per heavy atom. The first-order chi connectivity index (χ1) is 11.7. The molecule has 0 radical (unpaired) electrons. The van der Waals surface area contributed by atoms with Crippen LogP contribution < -0.4 is 10.1 Å². The summed E-state index contributed by atoms with van der Waals surface area (Å²) in [5.41, 5.74) is 0.953. The van der Waals surface area contributed by atoms with Gasteiger partial charge in [0.15, 0.2) is 0 Å². The van der Waals surface area contributed by atoms with Gasteiger partial charge >= 0.3 is 0 Å². The Labute approximate surface area is 145 Å². The second-order valence-corrected chi connectivity index (χ2v) is 6.22. The first-order valence-corrected chi connectivity index (χ1v) is 8.73. The fraction of sp³-hybridized carbons (Fsp3) is 0.211. The second-order valence-electron chi connectivity index (χ2n) is 5.27. The molecule has 0 atom stereocenters. The Balaban J connectivity index is 1.50. The van der Waals surface area contributed by atoms with E-state index in [1.54, 1.807) is 11.3 Å². The zero-order chi connectivity index (χ0) is 16.8. The summed E-state index contributed by atoms with van der Waals surface area (Å²) >= 11 is 1.63. The van der Waals surface area contributed by atoms with Crippen LogP contribution in [0.2, 0.25) is 0 Å². The molecule has 0 saturated carbocycles. The van der Waals surface area contributed by atoms with Crippen LogP contribution in [0, 0.1) is 0 Å². The second kappa shape index (κ2) is 7.84. The standard InChI is InChI=1S/C19H19NO3S/c1-2-22-15-7-5-14(6-8-15)12-19(21)20-13-16-9-10-17(23-16)18-4-3-11-24-18/h3-11H,2,12-13H2,1H3,(H,20,21). The van der Waals surface area contributed by atoms with E-state index in [1.807, 2.05) is 60.8 Å². The highest BCUT2D eigenvalue weighted by atomic mass is 32.1. The van der Waals surface area contributed by atoms with E-state index in [-0.39, 0.29) is 5.91 Å². The fourth-order valence-corrected chi connectivity index (χ4v) is 3.01. The Morgan fingerprint density at radius 3 is 2.71 bits per heavy atom. The minimum Gasteiger partial charge on any atom is -0.494 e. The van der Waals surface area contributed by atoms with Crippen molar-refractivity contribution in [3.8, 4) is 16.4 Å². The van der Waals surface area contributed by atoms with Crippen molar-refractivity contribution in [1.82, 2.24) is 5.32 Å². The maximum Gasteiger partial charge on any atom is 0.224 e. The van der Waals surface area contributed by atoms with E-state index < -0.39 is 0 Å². The average Bonchev–Trinajstić information content (AvgIpc) is 3.26. The van der Waals surface area contributed by atoms with Crippen molar-refractivity contribution >= 4 is 17.2 Å². The molecule has 4 nitrogen and oxygen atoms in total. The third-order valence-corrected chi connectivity index (χ3v) is 4.37. The SMILES string of the molecule is CCOc1ccc(CC(=O)NCc2ccc(-c3cccs3)o2)cc1. The van der Waals surface area contributed by atoms with Gasteiger partial charge in [-0.15, -0.1) is 11.3 Å². The summed E-state index contributed by atoms with van der Waals surface area (Å²) in [6, 6.07) is 15.4. The molecule has 0 aliphatic heterocycles. The molecule has 1 aromatic carbocycles. The minimum absolute atomic E-state index is 0.0340. The number of benzene rings is 1. The molecule has 2 heterocycles. The lowest BCUT2D eigenvalue weighted by molar-refractivity contribution is -0.120. The molecule has 0 fully saturated rings. The Bertz CT molecular complexity index is 775. The van der Waals surface area contributed by atoms with Gasteiger partial charge in [-0.2, -0.15) is 0 Å². The van der Waals surface area contributed by atoms with E-state index in [1.165, 1.54) is 0 Å². The van der Waals surface area contributed by atoms with Crippen molar-refractivity contribution in [1.29, 1.82) is 0 Å². The number of nitrogens with one attached hydrogen (secondary N) is 1. The Hall–Kier alpha value is -2.53. The molecule has 0 bridgehead atoms. The summed E-state index contributed by atoms with van der Waals surface area (Å²) in [4.78, 5) is 13.1. The molecule has 3 aromatic rings. The number of carbonyl (C=O) groups excluding carboxylic acids is 1. The third-order valence-electron chi connectivity index (χ3n) is 3.48. The molecular weight excluding hydrogens is 322 g/mol. The molecule has 2 aromatic heterocycles. The zero-order valence-corrected chi connectivity index (χ0v) is 14.3. The van der Waals surface area contributed by atoms with Crippen LogP contribution in [0.1, 0.15) is 18.2 Å². The number of amides is 1. The van der Waals surface area contributed by atoms with Gasteiger partial charge in [0.05, 0.1) is 24.4 Å². The first-order valence-electron chi connectivity index (χ1n) is 7.85. The predicted octanol–water partition coefficient (Wildman–Crippen LogP) is 4.27. The van der Waals surface area contributed by atoms with Crippen LogP contribution >= 0.6 is 11.3 Å². The number of hydrogen-bond donors (Lipinski definition) is 1. The zero-order valence-electron chi connectivity index (χ0n) is 13.5. The highest BCUT2D eigenvalue weighted by Gasteiger charge is 2.08. The monoisotopic (exact) mass is 341 g/mol. The van der Waals surface area contributed by atoms with Gasteiger partial charge in [0.25, 0.3) is 0 Å². The van der Waals surface area contributed by atoms with E-state index in [0.29, 0.717) is 19.6 Å². The van der Waals surface area contributed by atoms with Crippen molar-refractivity contribution in [3.05, 3.63) is 65.2 Å². The normalized spacial score (nSPS) is 10.5. The van der Waals surface area contributed by atoms with Gasteiger partial charge < -0.3 is 14.5 Å². The lowest BCUT2D eigenvalue weighted by atomic mass is 10.1. The molecule has 5 heteroatoms. The molecule has 0 unspecified atom stereocenters. The van der Waals surface area contributed by atoms with Gasteiger partial charge in [-0.25, -0.2) is 0 Å². The molecule has 0 aliphatic carbocycles. The van der Waals surface area contributed by atoms with E-state index in [0.717, 1.165) is 27.7 Å². The molecule has 124 valence electrons. The summed E-state index contributed by atoms with van der Waals surface area (Å²) in [5.74, 6) is 2.37. The van der Waals surface area contributed by atoms with Crippen LogP contribution in [-0.4, -0.2) is 12.5 Å². The maximum atomic E-state index is 12.0. The van der Waals surface area contributed by atoms with E-state index in [4.69, 9.17) is 9.15 Å². The summed E-state index contributed by atoms with van der Waals surface area (Å²) in [7, 11) is 0. The van der Waals surface area contributed by atoms with Gasteiger partial charge in [-0.05, 0) is 48.2 Å². The lowest BCUT2D eigenvalue weighted by Crippen LogP contribution is -2.24. The number of thiophene rings is 1. The first kappa shape index (κ1) is 16.3. The van der Waals surface area contributed by atoms with E-state index in [9.17, 15) is 4.79 Å². The van der Waals surface area contributed by atoms with Gasteiger partial charge in [0, 0.05) is 0 Å². The molecule has 1 N–H and O–H groups in total. The molecule has 24 heavy (non-hydrogen) atoms. The number of hydrogen-bond acceptors (Lipinski definition) is 4. The molecule has 0 spiro atoms. The van der Waals surface area contributed by atoms with Crippen molar-refractivity contribution < 1.29 is 13.9 Å². The number of rotatable bonds is 7. The predicted molar refractivity (Wildman–Crippen MR) is 95.2 cm³/mol. The molecular formula is C19H19NO3S. The van der Waals surface area contributed by atoms with Crippen molar-refractivity contribution in [2.75, 3.05) is 6.61 Å². The van der Waals surface area contributed by atoms with Crippen LogP contribution in [0.3, 0.4) is 0 Å².